The van der Waals surface area contributed by atoms with E-state index in [2.05, 4.69) is 9.71 Å². The molecule has 2 aromatic rings. The Bertz CT molecular complexity index is 949. The van der Waals surface area contributed by atoms with E-state index in [0.29, 0.717) is 18.8 Å². The Morgan fingerprint density at radius 1 is 1.25 bits per heavy atom. The fraction of sp³-hybridized carbons (Fsp3) is 0.353. The lowest BCUT2D eigenvalue weighted by Crippen LogP contribution is -2.37. The van der Waals surface area contributed by atoms with E-state index in [1.54, 1.807) is 4.90 Å². The number of anilines is 1. The predicted octanol–water partition coefficient (Wildman–Crippen LogP) is 2.81. The fourth-order valence-corrected chi connectivity index (χ4v) is 4.39. The summed E-state index contributed by atoms with van der Waals surface area (Å²) in [5.74, 6) is -0.394. The zero-order valence-electron chi connectivity index (χ0n) is 14.7. The Morgan fingerprint density at radius 2 is 2.00 bits per heavy atom. The Kier molecular flexibility index (Phi) is 5.48. The fourth-order valence-electron chi connectivity index (χ4n) is 2.95. The highest BCUT2D eigenvalue weighted by atomic mass is 32.2. The predicted molar refractivity (Wildman–Crippen MR) is 93.1 cm³/mol. The summed E-state index contributed by atoms with van der Waals surface area (Å²) in [5.41, 5.74) is -0.856. The maximum absolute atomic E-state index is 13.5. The second kappa shape index (κ2) is 7.55. The van der Waals surface area contributed by atoms with Gasteiger partial charge in [-0.2, -0.15) is 13.2 Å². The summed E-state index contributed by atoms with van der Waals surface area (Å²) in [4.78, 5) is 5.17. The molecule has 1 aromatic heterocycles. The van der Waals surface area contributed by atoms with E-state index in [-0.39, 0.29) is 17.2 Å². The van der Waals surface area contributed by atoms with Crippen molar-refractivity contribution in [2.45, 2.75) is 23.5 Å². The van der Waals surface area contributed by atoms with Crippen LogP contribution in [0.4, 0.5) is 23.4 Å². The molecule has 1 fully saturated rings. The molecule has 1 N–H and O–H groups in total. The van der Waals surface area contributed by atoms with Crippen LogP contribution in [0.25, 0.3) is 0 Å². The number of nitrogens with one attached hydrogen (secondary N) is 1. The van der Waals surface area contributed by atoms with E-state index in [1.165, 1.54) is 19.2 Å². The minimum Gasteiger partial charge on any atom is -0.495 e. The van der Waals surface area contributed by atoms with Gasteiger partial charge in [-0.15, -0.1) is 0 Å². The van der Waals surface area contributed by atoms with Gasteiger partial charge in [0.05, 0.1) is 12.7 Å². The molecule has 1 aliphatic heterocycles. The molecule has 6 nitrogen and oxygen atoms in total. The number of hydrogen-bond acceptors (Lipinski definition) is 5. The Hall–Kier alpha value is -2.40. The van der Waals surface area contributed by atoms with Crippen LogP contribution in [-0.2, 0) is 16.2 Å². The van der Waals surface area contributed by atoms with Gasteiger partial charge >= 0.3 is 6.18 Å². The lowest BCUT2D eigenvalue weighted by molar-refractivity contribution is -0.137. The molecule has 0 radical (unpaired) electrons. The van der Waals surface area contributed by atoms with Crippen LogP contribution in [0.15, 0.2) is 41.4 Å². The number of halogens is 4. The first kappa shape index (κ1) is 20.3. The minimum atomic E-state index is -4.47. The molecule has 152 valence electrons. The number of rotatable bonds is 5. The lowest BCUT2D eigenvalue weighted by atomic mass is 10.3. The van der Waals surface area contributed by atoms with E-state index in [1.807, 2.05) is 0 Å². The van der Waals surface area contributed by atoms with Crippen molar-refractivity contribution in [1.29, 1.82) is 0 Å². The normalized spacial score (nSPS) is 17.8. The van der Waals surface area contributed by atoms with Gasteiger partial charge in [0.1, 0.15) is 22.3 Å². The second-order valence-corrected chi connectivity index (χ2v) is 7.93. The van der Waals surface area contributed by atoms with Crippen LogP contribution in [0.3, 0.4) is 0 Å². The van der Waals surface area contributed by atoms with Crippen molar-refractivity contribution in [3.8, 4) is 5.75 Å². The zero-order chi connectivity index (χ0) is 20.5. The van der Waals surface area contributed by atoms with Crippen LogP contribution in [-0.4, -0.2) is 39.6 Å². The van der Waals surface area contributed by atoms with Crippen molar-refractivity contribution in [2.24, 2.45) is 0 Å². The highest BCUT2D eigenvalue weighted by Gasteiger charge is 2.32. The van der Waals surface area contributed by atoms with Crippen molar-refractivity contribution in [3.63, 3.8) is 0 Å². The molecule has 0 aliphatic carbocycles. The molecular formula is C17H17F4N3O3S. The van der Waals surface area contributed by atoms with Gasteiger partial charge in [0.25, 0.3) is 0 Å². The van der Waals surface area contributed by atoms with Crippen molar-refractivity contribution in [2.75, 3.05) is 25.1 Å². The molecule has 28 heavy (non-hydrogen) atoms. The number of pyridine rings is 1. The van der Waals surface area contributed by atoms with Crippen molar-refractivity contribution in [1.82, 2.24) is 9.71 Å². The largest absolute Gasteiger partial charge is 0.495 e. The maximum atomic E-state index is 13.5. The van der Waals surface area contributed by atoms with Gasteiger partial charge < -0.3 is 9.64 Å². The third-order valence-corrected chi connectivity index (χ3v) is 5.87. The highest BCUT2D eigenvalue weighted by Crippen LogP contribution is 2.30. The molecule has 1 atom stereocenters. The van der Waals surface area contributed by atoms with Crippen LogP contribution in [0.5, 0.6) is 5.75 Å². The number of methoxy groups -OCH3 is 1. The number of benzene rings is 1. The molecule has 0 bridgehead atoms. The molecule has 1 unspecified atom stereocenters. The van der Waals surface area contributed by atoms with E-state index in [0.717, 1.165) is 24.4 Å². The van der Waals surface area contributed by atoms with Gasteiger partial charge in [-0.1, -0.05) is 0 Å². The molecule has 1 aromatic carbocycles. The standard InChI is InChI=1S/C17H17F4N3O3S/c1-27-14-4-3-12(18)8-15(14)28(25,26)23-13-6-7-24(10-13)16-5-2-11(9-22-16)17(19,20)21/h2-5,8-9,13,23H,6-7,10H2,1H3. The second-order valence-electron chi connectivity index (χ2n) is 6.25. The molecule has 1 saturated heterocycles. The summed E-state index contributed by atoms with van der Waals surface area (Å²) in [6, 6.07) is 4.84. The Labute approximate surface area is 159 Å². The average Bonchev–Trinajstić information content (AvgIpc) is 3.09. The molecule has 1 aliphatic rings. The van der Waals surface area contributed by atoms with Crippen LogP contribution < -0.4 is 14.4 Å². The first-order valence-electron chi connectivity index (χ1n) is 8.24. The zero-order valence-corrected chi connectivity index (χ0v) is 15.5. The van der Waals surface area contributed by atoms with E-state index < -0.39 is 33.6 Å². The third kappa shape index (κ3) is 4.36. The molecule has 0 amide bonds. The SMILES string of the molecule is COc1ccc(F)cc1S(=O)(=O)NC1CCN(c2ccc(C(F)(F)F)cn2)C1. The Morgan fingerprint density at radius 3 is 2.61 bits per heavy atom. The van der Waals surface area contributed by atoms with Crippen LogP contribution in [0, 0.1) is 5.82 Å². The molecule has 11 heteroatoms. The molecule has 0 saturated carbocycles. The smallest absolute Gasteiger partial charge is 0.417 e. The number of hydrogen-bond donors (Lipinski definition) is 1. The summed E-state index contributed by atoms with van der Waals surface area (Å²) in [7, 11) is -2.77. The Balaban J connectivity index is 1.71. The van der Waals surface area contributed by atoms with Crippen LogP contribution in [0.1, 0.15) is 12.0 Å². The van der Waals surface area contributed by atoms with Crippen molar-refractivity contribution >= 4 is 15.8 Å². The average molecular weight is 419 g/mol. The number of sulfonamides is 1. The minimum absolute atomic E-state index is 0.00755. The summed E-state index contributed by atoms with van der Waals surface area (Å²) in [6.07, 6.45) is -3.32. The molecule has 3 rings (SSSR count). The third-order valence-electron chi connectivity index (χ3n) is 4.32. The first-order valence-corrected chi connectivity index (χ1v) is 9.72. The summed E-state index contributed by atoms with van der Waals surface area (Å²) in [5, 5.41) is 0. The van der Waals surface area contributed by atoms with Gasteiger partial charge in [0, 0.05) is 25.3 Å². The summed E-state index contributed by atoms with van der Waals surface area (Å²) in [6.45, 7) is 0.626. The number of alkyl halides is 3. The van der Waals surface area contributed by atoms with Gasteiger partial charge in [-0.3, -0.25) is 0 Å². The number of nitrogens with zero attached hydrogens (tertiary/aromatic N) is 2. The number of ether oxygens (including phenoxy) is 1. The lowest BCUT2D eigenvalue weighted by Gasteiger charge is -2.19. The van der Waals surface area contributed by atoms with Gasteiger partial charge in [-0.25, -0.2) is 22.5 Å². The van der Waals surface area contributed by atoms with E-state index >= 15 is 0 Å². The van der Waals surface area contributed by atoms with Gasteiger partial charge in [0.15, 0.2) is 0 Å². The summed E-state index contributed by atoms with van der Waals surface area (Å²) >= 11 is 0. The monoisotopic (exact) mass is 419 g/mol. The van der Waals surface area contributed by atoms with Gasteiger partial charge in [-0.05, 0) is 36.8 Å². The van der Waals surface area contributed by atoms with Crippen LogP contribution >= 0.6 is 0 Å². The van der Waals surface area contributed by atoms with E-state index in [4.69, 9.17) is 4.74 Å². The first-order chi connectivity index (χ1) is 13.1. The molecular weight excluding hydrogens is 402 g/mol. The quantitative estimate of drug-likeness (QED) is 0.755. The van der Waals surface area contributed by atoms with E-state index in [9.17, 15) is 26.0 Å². The van der Waals surface area contributed by atoms with Crippen molar-refractivity contribution in [3.05, 3.63) is 47.9 Å². The molecule has 2 heterocycles. The maximum Gasteiger partial charge on any atom is 0.417 e. The number of aromatic nitrogens is 1. The highest BCUT2D eigenvalue weighted by molar-refractivity contribution is 7.89. The molecule has 0 spiro atoms. The van der Waals surface area contributed by atoms with Crippen LogP contribution in [0.2, 0.25) is 0 Å². The summed E-state index contributed by atoms with van der Waals surface area (Å²) < 4.78 is 84.0. The van der Waals surface area contributed by atoms with Crippen molar-refractivity contribution < 1.29 is 30.7 Å². The van der Waals surface area contributed by atoms with Gasteiger partial charge in [0.2, 0.25) is 10.0 Å². The topological polar surface area (TPSA) is 71.5 Å².